The minimum absolute atomic E-state index is 0.463. The number of aliphatic carboxylic acids is 2. The second-order valence-corrected chi connectivity index (χ2v) is 8.03. The third-order valence-electron chi connectivity index (χ3n) is 6.42. The molecule has 2 atom stereocenters. The van der Waals surface area contributed by atoms with Crippen LogP contribution in [-0.2, 0) is 15.0 Å². The lowest BCUT2D eigenvalue weighted by atomic mass is 9.58. The lowest BCUT2D eigenvalue weighted by molar-refractivity contribution is -0.150. The Balaban J connectivity index is 2.37. The fourth-order valence-electron chi connectivity index (χ4n) is 5.20. The van der Waals surface area contributed by atoms with Gasteiger partial charge in [-0.1, -0.05) is 88.1 Å². The second kappa shape index (κ2) is 8.81. The maximum Gasteiger partial charge on any atom is 0.307 e. The van der Waals surface area contributed by atoms with Gasteiger partial charge in [-0.05, 0) is 35.1 Å². The van der Waals surface area contributed by atoms with Crippen LogP contribution in [0.3, 0.4) is 0 Å². The van der Waals surface area contributed by atoms with E-state index in [0.717, 1.165) is 47.9 Å². The number of hydrogen-bond acceptors (Lipinski definition) is 2. The lowest BCUT2D eigenvalue weighted by Gasteiger charge is -2.42. The lowest BCUT2D eigenvalue weighted by Crippen LogP contribution is -2.48. The summed E-state index contributed by atoms with van der Waals surface area (Å²) in [6, 6.07) is 15.6. The normalized spacial score (nSPS) is 15.9. The van der Waals surface area contributed by atoms with Crippen LogP contribution in [0.25, 0.3) is 11.1 Å². The summed E-state index contributed by atoms with van der Waals surface area (Å²) in [5.41, 5.74) is 2.58. The van der Waals surface area contributed by atoms with Crippen LogP contribution in [0.2, 0.25) is 0 Å². The van der Waals surface area contributed by atoms with Gasteiger partial charge in [0.25, 0.3) is 0 Å². The van der Waals surface area contributed by atoms with Gasteiger partial charge in [0.05, 0.1) is 11.8 Å². The summed E-state index contributed by atoms with van der Waals surface area (Å²) in [6.45, 7) is 4.07. The first-order chi connectivity index (χ1) is 14.0. The molecular weight excluding hydrogens is 364 g/mol. The van der Waals surface area contributed by atoms with Crippen molar-refractivity contribution in [2.45, 2.75) is 57.8 Å². The van der Waals surface area contributed by atoms with Crippen molar-refractivity contribution < 1.29 is 19.8 Å². The Morgan fingerprint density at radius 1 is 0.759 bits per heavy atom. The Bertz CT molecular complexity index is 812. The van der Waals surface area contributed by atoms with E-state index in [1.165, 1.54) is 0 Å². The average molecular weight is 395 g/mol. The highest BCUT2D eigenvalue weighted by Crippen LogP contribution is 2.58. The summed E-state index contributed by atoms with van der Waals surface area (Å²) >= 11 is 0. The third kappa shape index (κ3) is 3.45. The van der Waals surface area contributed by atoms with Crippen LogP contribution in [-0.4, -0.2) is 22.2 Å². The largest absolute Gasteiger partial charge is 0.481 e. The number of hydrogen-bond donors (Lipinski definition) is 2. The van der Waals surface area contributed by atoms with Gasteiger partial charge in [-0.3, -0.25) is 9.59 Å². The van der Waals surface area contributed by atoms with E-state index in [1.54, 1.807) is 0 Å². The molecule has 0 saturated heterocycles. The molecular formula is C25H30O4. The Labute approximate surface area is 172 Å². The predicted molar refractivity (Wildman–Crippen MR) is 114 cm³/mol. The molecule has 0 spiro atoms. The van der Waals surface area contributed by atoms with Gasteiger partial charge in [-0.15, -0.1) is 0 Å². The van der Waals surface area contributed by atoms with Crippen molar-refractivity contribution in [3.8, 4) is 11.1 Å². The Hall–Kier alpha value is -2.62. The minimum atomic E-state index is -1.06. The van der Waals surface area contributed by atoms with Crippen molar-refractivity contribution >= 4 is 11.9 Å². The fourth-order valence-corrected chi connectivity index (χ4v) is 5.20. The number of fused-ring (bicyclic) bond motifs is 3. The standard InChI is InChI=1S/C25H30O4/c1-3-5-13-21(23(26)27)25(22(24(28)29)14-6-4-2)19-15-9-7-11-17(19)18-12-8-10-16-20(18)25/h7-12,15-16,21-22H,3-6,13-14H2,1-2H3,(H,26,27)(H,28,29). The molecule has 2 aromatic carbocycles. The summed E-state index contributed by atoms with van der Waals surface area (Å²) in [6.07, 6.45) is 4.17. The molecule has 4 heteroatoms. The van der Waals surface area contributed by atoms with Crippen LogP contribution in [0.4, 0.5) is 0 Å². The molecule has 0 amide bonds. The molecule has 0 aromatic heterocycles. The first kappa shape index (κ1) is 21.1. The molecule has 0 bridgehead atoms. The van der Waals surface area contributed by atoms with E-state index in [9.17, 15) is 19.8 Å². The van der Waals surface area contributed by atoms with Crippen molar-refractivity contribution in [2.24, 2.45) is 11.8 Å². The molecule has 0 heterocycles. The molecule has 2 N–H and O–H groups in total. The first-order valence-corrected chi connectivity index (χ1v) is 10.6. The molecule has 0 aliphatic heterocycles. The van der Waals surface area contributed by atoms with Gasteiger partial charge in [-0.2, -0.15) is 0 Å². The molecule has 29 heavy (non-hydrogen) atoms. The quantitative estimate of drug-likeness (QED) is 0.539. The number of rotatable bonds is 10. The third-order valence-corrected chi connectivity index (χ3v) is 6.42. The van der Waals surface area contributed by atoms with E-state index in [4.69, 9.17) is 0 Å². The zero-order chi connectivity index (χ0) is 21.0. The van der Waals surface area contributed by atoms with Gasteiger partial charge >= 0.3 is 11.9 Å². The van der Waals surface area contributed by atoms with E-state index < -0.39 is 29.2 Å². The zero-order valence-electron chi connectivity index (χ0n) is 17.2. The zero-order valence-corrected chi connectivity index (χ0v) is 17.2. The van der Waals surface area contributed by atoms with Crippen molar-refractivity contribution in [3.63, 3.8) is 0 Å². The maximum atomic E-state index is 12.6. The average Bonchev–Trinajstić information content (AvgIpc) is 3.00. The summed E-state index contributed by atoms with van der Waals surface area (Å²) in [5.74, 6) is -3.39. The molecule has 3 rings (SSSR count). The molecule has 0 radical (unpaired) electrons. The van der Waals surface area contributed by atoms with Crippen molar-refractivity contribution in [1.29, 1.82) is 0 Å². The Kier molecular flexibility index (Phi) is 6.41. The Morgan fingerprint density at radius 3 is 1.48 bits per heavy atom. The topological polar surface area (TPSA) is 74.6 Å². The van der Waals surface area contributed by atoms with Crippen LogP contribution < -0.4 is 0 Å². The summed E-state index contributed by atoms with van der Waals surface area (Å²) in [4.78, 5) is 25.3. The first-order valence-electron chi connectivity index (χ1n) is 10.6. The number of benzene rings is 2. The molecule has 4 nitrogen and oxygen atoms in total. The van der Waals surface area contributed by atoms with Gasteiger partial charge in [0.15, 0.2) is 0 Å². The van der Waals surface area contributed by atoms with E-state index in [-0.39, 0.29) is 0 Å². The van der Waals surface area contributed by atoms with Gasteiger partial charge in [0.1, 0.15) is 0 Å². The molecule has 0 fully saturated rings. The highest BCUT2D eigenvalue weighted by atomic mass is 16.4. The SMILES string of the molecule is CCCCC(C(=O)O)C1(C(CCCC)C(=O)O)c2ccccc2-c2ccccc21. The molecule has 1 aliphatic carbocycles. The summed E-state index contributed by atoms with van der Waals surface area (Å²) in [5, 5.41) is 20.7. The smallest absolute Gasteiger partial charge is 0.307 e. The maximum absolute atomic E-state index is 12.6. The van der Waals surface area contributed by atoms with Gasteiger partial charge < -0.3 is 10.2 Å². The van der Waals surface area contributed by atoms with E-state index in [0.29, 0.717) is 12.8 Å². The van der Waals surface area contributed by atoms with Crippen molar-refractivity contribution in [1.82, 2.24) is 0 Å². The number of carboxylic acids is 2. The summed E-state index contributed by atoms with van der Waals surface area (Å²) < 4.78 is 0. The molecule has 1 aliphatic rings. The van der Waals surface area contributed by atoms with Crippen LogP contribution in [0.1, 0.15) is 63.5 Å². The van der Waals surface area contributed by atoms with Crippen molar-refractivity contribution in [3.05, 3.63) is 59.7 Å². The monoisotopic (exact) mass is 394 g/mol. The van der Waals surface area contributed by atoms with Crippen LogP contribution >= 0.6 is 0 Å². The second-order valence-electron chi connectivity index (χ2n) is 8.03. The highest BCUT2D eigenvalue weighted by Gasteiger charge is 2.57. The van der Waals surface area contributed by atoms with E-state index >= 15 is 0 Å². The van der Waals surface area contributed by atoms with E-state index in [2.05, 4.69) is 0 Å². The Morgan fingerprint density at radius 2 is 1.14 bits per heavy atom. The minimum Gasteiger partial charge on any atom is -0.481 e. The van der Waals surface area contributed by atoms with Crippen LogP contribution in [0.5, 0.6) is 0 Å². The predicted octanol–water partition coefficient (Wildman–Crippen LogP) is 5.74. The fraction of sp³-hybridized carbons (Fsp3) is 0.440. The van der Waals surface area contributed by atoms with Crippen LogP contribution in [0.15, 0.2) is 48.5 Å². The van der Waals surface area contributed by atoms with Gasteiger partial charge in [0, 0.05) is 5.41 Å². The number of carbonyl (C=O) groups is 2. The van der Waals surface area contributed by atoms with Gasteiger partial charge in [0.2, 0.25) is 0 Å². The molecule has 2 aromatic rings. The molecule has 0 saturated carbocycles. The van der Waals surface area contributed by atoms with Crippen molar-refractivity contribution in [2.75, 3.05) is 0 Å². The summed E-state index contributed by atoms with van der Waals surface area (Å²) in [7, 11) is 0. The number of carboxylic acid groups (broad SMARTS) is 2. The molecule has 154 valence electrons. The van der Waals surface area contributed by atoms with Crippen LogP contribution in [0, 0.1) is 11.8 Å². The number of unbranched alkanes of at least 4 members (excludes halogenated alkanes) is 2. The molecule has 2 unspecified atom stereocenters. The highest BCUT2D eigenvalue weighted by molar-refractivity contribution is 5.89. The van der Waals surface area contributed by atoms with Gasteiger partial charge in [-0.25, -0.2) is 0 Å². The van der Waals surface area contributed by atoms with E-state index in [1.807, 2.05) is 62.4 Å².